The van der Waals surface area contributed by atoms with Crippen LogP contribution < -0.4 is 0 Å². The van der Waals surface area contributed by atoms with Gasteiger partial charge in [-0.05, 0) is 46.9 Å². The molecule has 1 heteroatoms. The third kappa shape index (κ3) is 2.98. The summed E-state index contributed by atoms with van der Waals surface area (Å²) in [6, 6.07) is 23.7. The quantitative estimate of drug-likeness (QED) is 0.492. The van der Waals surface area contributed by atoms with Crippen LogP contribution in [0.2, 0.25) is 0 Å². The third-order valence-corrected chi connectivity index (χ3v) is 4.76. The topological polar surface area (TPSA) is 0 Å². The zero-order chi connectivity index (χ0) is 14.7. The summed E-state index contributed by atoms with van der Waals surface area (Å²) in [5.74, 6) is 0. The average Bonchev–Trinajstić information content (AvgIpc) is 2.59. The highest BCUT2D eigenvalue weighted by Gasteiger charge is 2.03. The second-order valence-electron chi connectivity index (χ2n) is 5.24. The van der Waals surface area contributed by atoms with E-state index in [0.29, 0.717) is 0 Å². The van der Waals surface area contributed by atoms with Crippen molar-refractivity contribution in [3.63, 3.8) is 0 Å². The Morgan fingerprint density at radius 2 is 1.48 bits per heavy atom. The molecule has 104 valence electrons. The first-order chi connectivity index (χ1) is 10.3. The fourth-order valence-corrected chi connectivity index (χ4v) is 3.50. The van der Waals surface area contributed by atoms with E-state index < -0.39 is 0 Å². The van der Waals surface area contributed by atoms with E-state index >= 15 is 0 Å². The maximum atomic E-state index is 2.23. The van der Waals surface area contributed by atoms with E-state index in [1.807, 2.05) is 11.3 Å². The lowest BCUT2D eigenvalue weighted by atomic mass is 10.0. The van der Waals surface area contributed by atoms with Crippen LogP contribution in [0, 0.1) is 13.8 Å². The van der Waals surface area contributed by atoms with Crippen LogP contribution in [0.25, 0.3) is 21.2 Å². The lowest BCUT2D eigenvalue weighted by Crippen LogP contribution is -1.79. The molecule has 0 aliphatic rings. The summed E-state index contributed by atoms with van der Waals surface area (Å²) in [6.45, 7) is 4.32. The van der Waals surface area contributed by atoms with E-state index in [1.165, 1.54) is 32.3 Å². The lowest BCUT2D eigenvalue weighted by molar-refractivity contribution is 1.51. The molecule has 0 aliphatic heterocycles. The van der Waals surface area contributed by atoms with Gasteiger partial charge in [0, 0.05) is 4.70 Å². The normalized spacial score (nSPS) is 10.4. The van der Waals surface area contributed by atoms with Crippen molar-refractivity contribution in [1.29, 1.82) is 0 Å². The SMILES string of the molecule is Cc1cccc(C)c2cccc(-c3ccccc3)c2sc1. The first kappa shape index (κ1) is 13.8. The van der Waals surface area contributed by atoms with Crippen molar-refractivity contribution < 1.29 is 0 Å². The first-order valence-corrected chi connectivity index (χ1v) is 8.01. The number of benzene rings is 2. The second-order valence-corrected chi connectivity index (χ2v) is 6.12. The fraction of sp³-hybridized carbons (Fsp3) is 0.100. The highest BCUT2D eigenvalue weighted by atomic mass is 32.1. The van der Waals surface area contributed by atoms with Crippen LogP contribution in [0.3, 0.4) is 0 Å². The van der Waals surface area contributed by atoms with Crippen LogP contribution in [0.15, 0.2) is 72.1 Å². The largest absolute Gasteiger partial charge is 0.143 e. The highest BCUT2D eigenvalue weighted by Crippen LogP contribution is 2.31. The fourth-order valence-electron chi connectivity index (χ4n) is 2.44. The van der Waals surface area contributed by atoms with Crippen LogP contribution in [-0.2, 0) is 0 Å². The molecule has 0 saturated heterocycles. The van der Waals surface area contributed by atoms with Crippen molar-refractivity contribution in [2.45, 2.75) is 13.8 Å². The predicted molar refractivity (Wildman–Crippen MR) is 94.4 cm³/mol. The molecule has 1 heterocycles. The molecule has 3 aromatic rings. The van der Waals surface area contributed by atoms with Gasteiger partial charge < -0.3 is 0 Å². The molecule has 0 saturated carbocycles. The van der Waals surface area contributed by atoms with Crippen LogP contribution >= 0.6 is 11.3 Å². The van der Waals surface area contributed by atoms with E-state index in [4.69, 9.17) is 0 Å². The average molecular weight is 290 g/mol. The summed E-state index contributed by atoms with van der Waals surface area (Å²) in [4.78, 5) is 0. The standard InChI is InChI=1S/C20H18S/c1-15-8-6-9-16(2)18-12-7-13-19(20(18)21-14-15)17-10-4-3-5-11-17/h3-14H,1-2H3. The lowest BCUT2D eigenvalue weighted by Gasteiger charge is -2.06. The van der Waals surface area contributed by atoms with Gasteiger partial charge >= 0.3 is 0 Å². The summed E-state index contributed by atoms with van der Waals surface area (Å²) in [7, 11) is 0. The predicted octanol–water partition coefficient (Wildman–Crippen LogP) is 6.31. The number of aryl methyl sites for hydroxylation is 2. The molecule has 0 N–H and O–H groups in total. The minimum absolute atomic E-state index is 1.27. The van der Waals surface area contributed by atoms with E-state index in [2.05, 4.69) is 86.0 Å². The molecule has 0 aliphatic carbocycles. The molecule has 3 rings (SSSR count). The maximum absolute atomic E-state index is 2.23. The van der Waals surface area contributed by atoms with E-state index in [1.54, 1.807) is 0 Å². The minimum Gasteiger partial charge on any atom is -0.143 e. The molecule has 0 fully saturated rings. The van der Waals surface area contributed by atoms with Crippen molar-refractivity contribution in [3.05, 3.63) is 83.2 Å². The molecule has 0 radical (unpaired) electrons. The molecule has 0 atom stereocenters. The van der Waals surface area contributed by atoms with Gasteiger partial charge in [-0.3, -0.25) is 0 Å². The maximum Gasteiger partial charge on any atom is 0.0423 e. The van der Waals surface area contributed by atoms with Crippen molar-refractivity contribution in [2.75, 3.05) is 0 Å². The van der Waals surface area contributed by atoms with Crippen LogP contribution in [0.4, 0.5) is 0 Å². The van der Waals surface area contributed by atoms with E-state index in [9.17, 15) is 0 Å². The Labute approximate surface area is 130 Å². The molecule has 0 spiro atoms. The molecular formula is C20H18S. The highest BCUT2D eigenvalue weighted by molar-refractivity contribution is 7.17. The van der Waals surface area contributed by atoms with Crippen molar-refractivity contribution in [1.82, 2.24) is 0 Å². The third-order valence-electron chi connectivity index (χ3n) is 3.59. The van der Waals surface area contributed by atoms with Gasteiger partial charge in [0.2, 0.25) is 0 Å². The van der Waals surface area contributed by atoms with Crippen LogP contribution in [0.1, 0.15) is 11.1 Å². The number of hydrogen-bond donors (Lipinski definition) is 0. The van der Waals surface area contributed by atoms with Gasteiger partial charge in [-0.2, -0.15) is 0 Å². The first-order valence-electron chi connectivity index (χ1n) is 7.13. The molecule has 2 aromatic carbocycles. The number of hydrogen-bond acceptors (Lipinski definition) is 1. The van der Waals surface area contributed by atoms with E-state index in [0.717, 1.165) is 0 Å². The van der Waals surface area contributed by atoms with Crippen molar-refractivity contribution in [3.8, 4) is 11.1 Å². The second kappa shape index (κ2) is 6.11. The molecule has 0 amide bonds. The Morgan fingerprint density at radius 3 is 2.29 bits per heavy atom. The van der Waals surface area contributed by atoms with Crippen LogP contribution in [0.5, 0.6) is 0 Å². The Morgan fingerprint density at radius 1 is 0.714 bits per heavy atom. The van der Waals surface area contributed by atoms with Gasteiger partial charge in [-0.1, -0.05) is 66.7 Å². The summed E-state index contributed by atoms with van der Waals surface area (Å²) in [5, 5.41) is 3.55. The Kier molecular flexibility index (Phi) is 4.03. The Bertz CT molecular complexity index is 812. The summed E-state index contributed by atoms with van der Waals surface area (Å²) in [6.07, 6.45) is 0. The monoisotopic (exact) mass is 290 g/mol. The van der Waals surface area contributed by atoms with Crippen molar-refractivity contribution >= 4 is 21.4 Å². The van der Waals surface area contributed by atoms with Crippen molar-refractivity contribution in [2.24, 2.45) is 0 Å². The minimum atomic E-state index is 1.27. The Hall–Kier alpha value is -2.12. The zero-order valence-electron chi connectivity index (χ0n) is 12.3. The number of rotatable bonds is 1. The summed E-state index contributed by atoms with van der Waals surface area (Å²) in [5.41, 5.74) is 5.15. The van der Waals surface area contributed by atoms with Gasteiger partial charge in [-0.15, -0.1) is 11.3 Å². The van der Waals surface area contributed by atoms with Crippen LogP contribution in [-0.4, -0.2) is 0 Å². The molecule has 21 heavy (non-hydrogen) atoms. The summed E-state index contributed by atoms with van der Waals surface area (Å²) >= 11 is 1.82. The molecule has 0 bridgehead atoms. The van der Waals surface area contributed by atoms with Gasteiger partial charge in [0.25, 0.3) is 0 Å². The van der Waals surface area contributed by atoms with Gasteiger partial charge in [-0.25, -0.2) is 0 Å². The number of fused-ring (bicyclic) bond motifs is 1. The van der Waals surface area contributed by atoms with Gasteiger partial charge in [0.15, 0.2) is 0 Å². The van der Waals surface area contributed by atoms with Gasteiger partial charge in [0.1, 0.15) is 0 Å². The van der Waals surface area contributed by atoms with E-state index in [-0.39, 0.29) is 0 Å². The molecule has 0 unspecified atom stereocenters. The molecule has 0 nitrogen and oxygen atoms in total. The summed E-state index contributed by atoms with van der Waals surface area (Å²) < 4.78 is 1.33. The Balaban J connectivity index is 2.43. The smallest absolute Gasteiger partial charge is 0.0423 e. The molecular weight excluding hydrogens is 272 g/mol. The zero-order valence-corrected chi connectivity index (χ0v) is 13.2. The molecule has 1 aromatic heterocycles. The van der Waals surface area contributed by atoms with Gasteiger partial charge in [0.05, 0.1) is 0 Å².